The summed E-state index contributed by atoms with van der Waals surface area (Å²) in [5.41, 5.74) is 0.760. The van der Waals surface area contributed by atoms with Gasteiger partial charge in [0, 0.05) is 6.20 Å². The van der Waals surface area contributed by atoms with Gasteiger partial charge in [-0.3, -0.25) is 0 Å². The van der Waals surface area contributed by atoms with E-state index in [0.717, 1.165) is 18.5 Å². The smallest absolute Gasteiger partial charge is 0.338 e. The molecule has 0 atom stereocenters. The Labute approximate surface area is 99.0 Å². The normalized spacial score (nSPS) is 10.9. The molecular formula is C11H13ClN2O2. The van der Waals surface area contributed by atoms with Crippen molar-refractivity contribution < 1.29 is 9.90 Å². The first kappa shape index (κ1) is 12.7. The molecule has 0 aromatic carbocycles. The summed E-state index contributed by atoms with van der Waals surface area (Å²) in [7, 11) is 1.88. The van der Waals surface area contributed by atoms with Gasteiger partial charge in [-0.15, -0.1) is 0 Å². The summed E-state index contributed by atoms with van der Waals surface area (Å²) in [4.78, 5) is 14.6. The van der Waals surface area contributed by atoms with Crippen molar-refractivity contribution >= 4 is 23.6 Å². The molecule has 0 aliphatic rings. The Morgan fingerprint density at radius 2 is 2.44 bits per heavy atom. The van der Waals surface area contributed by atoms with Crippen LogP contribution in [-0.2, 0) is 0 Å². The molecule has 86 valence electrons. The molecule has 0 bridgehead atoms. The molecule has 1 heterocycles. The van der Waals surface area contributed by atoms with Crippen LogP contribution in [0.15, 0.2) is 18.3 Å². The second kappa shape index (κ2) is 6.25. The SMILES string of the molecule is CNCCC=Cc1cnc(Cl)c(C(=O)O)c1. The highest BCUT2D eigenvalue weighted by Gasteiger charge is 2.09. The maximum Gasteiger partial charge on any atom is 0.338 e. The van der Waals surface area contributed by atoms with Crippen molar-refractivity contribution in [2.24, 2.45) is 0 Å². The average Bonchev–Trinajstić information content (AvgIpc) is 2.26. The number of aromatic carboxylic acids is 1. The van der Waals surface area contributed by atoms with Gasteiger partial charge in [0.15, 0.2) is 0 Å². The lowest BCUT2D eigenvalue weighted by molar-refractivity contribution is 0.0696. The van der Waals surface area contributed by atoms with Gasteiger partial charge in [0.2, 0.25) is 0 Å². The van der Waals surface area contributed by atoms with Crippen molar-refractivity contribution in [3.8, 4) is 0 Å². The minimum absolute atomic E-state index is 0.0138. The summed E-state index contributed by atoms with van der Waals surface area (Å²) in [5, 5.41) is 11.9. The van der Waals surface area contributed by atoms with Gasteiger partial charge < -0.3 is 10.4 Å². The van der Waals surface area contributed by atoms with E-state index in [1.807, 2.05) is 19.2 Å². The van der Waals surface area contributed by atoms with Gasteiger partial charge in [0.1, 0.15) is 5.15 Å². The van der Waals surface area contributed by atoms with Crippen LogP contribution < -0.4 is 5.32 Å². The van der Waals surface area contributed by atoms with Crippen LogP contribution in [0.25, 0.3) is 6.08 Å². The Kier molecular flexibility index (Phi) is 4.95. The molecular weight excluding hydrogens is 228 g/mol. The maximum atomic E-state index is 10.8. The molecule has 0 fully saturated rings. The third kappa shape index (κ3) is 3.64. The number of aromatic nitrogens is 1. The van der Waals surface area contributed by atoms with Gasteiger partial charge in [-0.1, -0.05) is 23.8 Å². The summed E-state index contributed by atoms with van der Waals surface area (Å²) < 4.78 is 0. The second-order valence-corrected chi connectivity index (χ2v) is 3.56. The lowest BCUT2D eigenvalue weighted by atomic mass is 10.2. The number of nitrogens with zero attached hydrogens (tertiary/aromatic N) is 1. The molecule has 0 spiro atoms. The van der Waals surface area contributed by atoms with Crippen molar-refractivity contribution in [1.82, 2.24) is 10.3 Å². The van der Waals surface area contributed by atoms with Gasteiger partial charge in [-0.2, -0.15) is 0 Å². The van der Waals surface area contributed by atoms with E-state index < -0.39 is 5.97 Å². The zero-order valence-corrected chi connectivity index (χ0v) is 9.66. The van der Waals surface area contributed by atoms with Gasteiger partial charge in [-0.25, -0.2) is 9.78 Å². The lowest BCUT2D eigenvalue weighted by Gasteiger charge is -1.99. The topological polar surface area (TPSA) is 62.2 Å². The number of carbonyl (C=O) groups is 1. The third-order valence-electron chi connectivity index (χ3n) is 1.96. The molecule has 0 saturated carbocycles. The minimum atomic E-state index is -1.07. The van der Waals surface area contributed by atoms with Gasteiger partial charge in [0.25, 0.3) is 0 Å². The van der Waals surface area contributed by atoms with E-state index in [4.69, 9.17) is 16.7 Å². The van der Waals surface area contributed by atoms with Crippen LogP contribution in [0.1, 0.15) is 22.3 Å². The van der Waals surface area contributed by atoms with E-state index in [1.165, 1.54) is 6.07 Å². The number of nitrogens with one attached hydrogen (secondary N) is 1. The predicted octanol–water partition coefficient (Wildman–Crippen LogP) is 2.06. The fourth-order valence-corrected chi connectivity index (χ4v) is 1.34. The molecule has 16 heavy (non-hydrogen) atoms. The first-order valence-corrected chi connectivity index (χ1v) is 5.23. The molecule has 1 aromatic heterocycles. The summed E-state index contributed by atoms with van der Waals surface area (Å²) >= 11 is 5.65. The van der Waals surface area contributed by atoms with Crippen molar-refractivity contribution in [3.05, 3.63) is 34.6 Å². The summed E-state index contributed by atoms with van der Waals surface area (Å²) in [5.74, 6) is -1.07. The van der Waals surface area contributed by atoms with Crippen LogP contribution in [0.3, 0.4) is 0 Å². The summed E-state index contributed by atoms with van der Waals surface area (Å²) in [6, 6.07) is 1.51. The zero-order chi connectivity index (χ0) is 12.0. The van der Waals surface area contributed by atoms with E-state index in [-0.39, 0.29) is 10.7 Å². The standard InChI is InChI=1S/C11H13ClN2O2/c1-13-5-3-2-4-8-6-9(11(15)16)10(12)14-7-8/h2,4,6-7,13H,3,5H2,1H3,(H,15,16). The van der Waals surface area contributed by atoms with Crippen LogP contribution in [0.2, 0.25) is 5.15 Å². The van der Waals surface area contributed by atoms with Gasteiger partial charge in [-0.05, 0) is 31.6 Å². The van der Waals surface area contributed by atoms with Crippen molar-refractivity contribution in [2.75, 3.05) is 13.6 Å². The Morgan fingerprint density at radius 1 is 1.69 bits per heavy atom. The highest BCUT2D eigenvalue weighted by atomic mass is 35.5. The Hall–Kier alpha value is -1.39. The van der Waals surface area contributed by atoms with Gasteiger partial charge >= 0.3 is 5.97 Å². The molecule has 4 nitrogen and oxygen atoms in total. The number of carboxylic acids is 1. The minimum Gasteiger partial charge on any atom is -0.478 e. The monoisotopic (exact) mass is 240 g/mol. The third-order valence-corrected chi connectivity index (χ3v) is 2.26. The van der Waals surface area contributed by atoms with Crippen molar-refractivity contribution in [2.45, 2.75) is 6.42 Å². The van der Waals surface area contributed by atoms with E-state index in [2.05, 4.69) is 10.3 Å². The predicted molar refractivity (Wildman–Crippen MR) is 63.8 cm³/mol. The van der Waals surface area contributed by atoms with E-state index >= 15 is 0 Å². The number of halogens is 1. The molecule has 1 aromatic rings. The second-order valence-electron chi connectivity index (χ2n) is 3.21. The van der Waals surface area contributed by atoms with Crippen LogP contribution in [-0.4, -0.2) is 29.7 Å². The number of rotatable bonds is 5. The number of hydrogen-bond donors (Lipinski definition) is 2. The Balaban J connectivity index is 2.78. The molecule has 1 rings (SSSR count). The highest BCUT2D eigenvalue weighted by molar-refractivity contribution is 6.32. The van der Waals surface area contributed by atoms with Crippen molar-refractivity contribution in [1.29, 1.82) is 0 Å². The highest BCUT2D eigenvalue weighted by Crippen LogP contribution is 2.15. The average molecular weight is 241 g/mol. The van der Waals surface area contributed by atoms with E-state index in [0.29, 0.717) is 0 Å². The van der Waals surface area contributed by atoms with Crippen LogP contribution in [0, 0.1) is 0 Å². The number of hydrogen-bond acceptors (Lipinski definition) is 3. The molecule has 2 N–H and O–H groups in total. The molecule has 0 saturated heterocycles. The van der Waals surface area contributed by atoms with E-state index in [9.17, 15) is 4.79 Å². The first-order chi connectivity index (χ1) is 7.65. The molecule has 0 unspecified atom stereocenters. The molecule has 0 aliphatic heterocycles. The molecule has 5 heteroatoms. The van der Waals surface area contributed by atoms with E-state index in [1.54, 1.807) is 6.20 Å². The largest absolute Gasteiger partial charge is 0.478 e. The quantitative estimate of drug-likeness (QED) is 0.611. The summed E-state index contributed by atoms with van der Waals surface area (Å²) in [6.45, 7) is 0.878. The Bertz CT molecular complexity index is 405. The fourth-order valence-electron chi connectivity index (χ4n) is 1.15. The van der Waals surface area contributed by atoms with Crippen LogP contribution in [0.4, 0.5) is 0 Å². The fraction of sp³-hybridized carbons (Fsp3) is 0.273. The first-order valence-electron chi connectivity index (χ1n) is 4.85. The van der Waals surface area contributed by atoms with Crippen molar-refractivity contribution in [3.63, 3.8) is 0 Å². The molecule has 0 radical (unpaired) electrons. The molecule has 0 amide bonds. The van der Waals surface area contributed by atoms with Crippen LogP contribution >= 0.6 is 11.6 Å². The molecule has 0 aliphatic carbocycles. The number of carboxylic acid groups (broad SMARTS) is 1. The van der Waals surface area contributed by atoms with Crippen LogP contribution in [0.5, 0.6) is 0 Å². The van der Waals surface area contributed by atoms with Gasteiger partial charge in [0.05, 0.1) is 5.56 Å². The summed E-state index contributed by atoms with van der Waals surface area (Å²) in [6.07, 6.45) is 6.20. The Morgan fingerprint density at radius 3 is 3.06 bits per heavy atom. The maximum absolute atomic E-state index is 10.8. The lowest BCUT2D eigenvalue weighted by Crippen LogP contribution is -2.05. The zero-order valence-electron chi connectivity index (χ0n) is 8.90. The number of pyridine rings is 1.